The lowest BCUT2D eigenvalue weighted by Gasteiger charge is -1.96. The van der Waals surface area contributed by atoms with E-state index >= 15 is 0 Å². The number of aryl methyl sites for hydroxylation is 1. The Morgan fingerprint density at radius 1 is 1.27 bits per heavy atom. The zero-order valence-corrected chi connectivity index (χ0v) is 9.55. The van der Waals surface area contributed by atoms with Crippen molar-refractivity contribution in [1.82, 2.24) is 4.98 Å². The Morgan fingerprint density at radius 2 is 2.00 bits per heavy atom. The second-order valence-electron chi connectivity index (χ2n) is 3.42. The molecule has 2 N–H and O–H groups in total. The van der Waals surface area contributed by atoms with E-state index in [1.54, 1.807) is 11.3 Å². The van der Waals surface area contributed by atoms with Gasteiger partial charge in [-0.25, -0.2) is 4.98 Å². The first kappa shape index (κ1) is 10.3. The smallest absolute Gasteiger partial charge is 0.0947 e. The number of nitrogens with zero attached hydrogens (tertiary/aromatic N) is 1. The van der Waals surface area contributed by atoms with E-state index in [1.807, 2.05) is 18.2 Å². The number of thiazole rings is 1. The molecule has 0 fully saturated rings. The molecule has 0 saturated carbocycles. The Balaban J connectivity index is 2.36. The summed E-state index contributed by atoms with van der Waals surface area (Å²) >= 11 is 1.74. The zero-order valence-electron chi connectivity index (χ0n) is 8.73. The predicted molar refractivity (Wildman–Crippen MR) is 65.0 cm³/mol. The van der Waals surface area contributed by atoms with Crippen LogP contribution in [0.15, 0.2) is 30.3 Å². The molecule has 1 aromatic carbocycles. The highest BCUT2D eigenvalue weighted by Gasteiger charge is 2.08. The Bertz CT molecular complexity index is 434. The third-order valence-electron chi connectivity index (χ3n) is 2.25. The average molecular weight is 218 g/mol. The molecule has 0 spiro atoms. The summed E-state index contributed by atoms with van der Waals surface area (Å²) in [7, 11) is 0. The van der Waals surface area contributed by atoms with E-state index in [4.69, 9.17) is 5.73 Å². The zero-order chi connectivity index (χ0) is 10.7. The Kier molecular flexibility index (Phi) is 3.14. The molecule has 1 aromatic heterocycles. The van der Waals surface area contributed by atoms with E-state index in [0.29, 0.717) is 6.54 Å². The van der Waals surface area contributed by atoms with Gasteiger partial charge in [0.2, 0.25) is 0 Å². The molecule has 0 unspecified atom stereocenters. The first-order valence-corrected chi connectivity index (χ1v) is 5.84. The SMILES string of the molecule is Cc1sc(CCN)nc1-c1ccccc1. The van der Waals surface area contributed by atoms with Gasteiger partial charge in [-0.3, -0.25) is 0 Å². The van der Waals surface area contributed by atoms with Crippen LogP contribution in [0.2, 0.25) is 0 Å². The van der Waals surface area contributed by atoms with Crippen molar-refractivity contribution in [1.29, 1.82) is 0 Å². The Hall–Kier alpha value is -1.19. The van der Waals surface area contributed by atoms with Gasteiger partial charge in [-0.2, -0.15) is 0 Å². The first-order valence-electron chi connectivity index (χ1n) is 5.03. The minimum Gasteiger partial charge on any atom is -0.330 e. The van der Waals surface area contributed by atoms with Gasteiger partial charge in [0.1, 0.15) is 0 Å². The first-order chi connectivity index (χ1) is 7.31. The Morgan fingerprint density at radius 3 is 2.67 bits per heavy atom. The standard InChI is InChI=1S/C12H14N2S/c1-9-12(10-5-3-2-4-6-10)14-11(15-9)7-8-13/h2-6H,7-8,13H2,1H3. The number of nitrogens with two attached hydrogens (primary N) is 1. The van der Waals surface area contributed by atoms with Crippen LogP contribution in [0.3, 0.4) is 0 Å². The van der Waals surface area contributed by atoms with Crippen molar-refractivity contribution >= 4 is 11.3 Å². The highest BCUT2D eigenvalue weighted by Crippen LogP contribution is 2.27. The monoisotopic (exact) mass is 218 g/mol. The number of hydrogen-bond donors (Lipinski definition) is 1. The summed E-state index contributed by atoms with van der Waals surface area (Å²) in [6, 6.07) is 10.3. The van der Waals surface area contributed by atoms with Gasteiger partial charge in [-0.15, -0.1) is 11.3 Å². The highest BCUT2D eigenvalue weighted by molar-refractivity contribution is 7.12. The molecule has 15 heavy (non-hydrogen) atoms. The van der Waals surface area contributed by atoms with Crippen molar-refractivity contribution in [3.63, 3.8) is 0 Å². The van der Waals surface area contributed by atoms with Crippen molar-refractivity contribution in [2.45, 2.75) is 13.3 Å². The lowest BCUT2D eigenvalue weighted by atomic mass is 10.1. The van der Waals surface area contributed by atoms with Crippen molar-refractivity contribution < 1.29 is 0 Å². The molecule has 0 bridgehead atoms. The molecule has 78 valence electrons. The van der Waals surface area contributed by atoms with Crippen LogP contribution in [0.25, 0.3) is 11.3 Å². The van der Waals surface area contributed by atoms with Crippen molar-refractivity contribution in [3.05, 3.63) is 40.2 Å². The van der Waals surface area contributed by atoms with E-state index in [9.17, 15) is 0 Å². The maximum atomic E-state index is 5.53. The molecule has 0 saturated heterocycles. The van der Waals surface area contributed by atoms with Crippen molar-refractivity contribution in [2.24, 2.45) is 5.73 Å². The minimum atomic E-state index is 0.668. The van der Waals surface area contributed by atoms with Crippen LogP contribution in [-0.4, -0.2) is 11.5 Å². The summed E-state index contributed by atoms with van der Waals surface area (Å²) in [5, 5.41) is 1.13. The normalized spacial score (nSPS) is 10.5. The number of rotatable bonds is 3. The highest BCUT2D eigenvalue weighted by atomic mass is 32.1. The van der Waals surface area contributed by atoms with Crippen molar-refractivity contribution in [2.75, 3.05) is 6.54 Å². The molecule has 2 aromatic rings. The van der Waals surface area contributed by atoms with Gasteiger partial charge >= 0.3 is 0 Å². The molecule has 0 amide bonds. The fraction of sp³-hybridized carbons (Fsp3) is 0.250. The molecule has 2 rings (SSSR count). The fourth-order valence-electron chi connectivity index (χ4n) is 1.55. The summed E-state index contributed by atoms with van der Waals surface area (Å²) in [4.78, 5) is 5.88. The van der Waals surface area contributed by atoms with Gasteiger partial charge in [0.15, 0.2) is 0 Å². The summed E-state index contributed by atoms with van der Waals surface area (Å²) in [5.74, 6) is 0. The Labute approximate surface area is 93.8 Å². The molecule has 2 nitrogen and oxygen atoms in total. The van der Waals surface area contributed by atoms with E-state index in [0.717, 1.165) is 17.1 Å². The van der Waals surface area contributed by atoms with Crippen LogP contribution >= 0.6 is 11.3 Å². The van der Waals surface area contributed by atoms with E-state index in [1.165, 1.54) is 10.4 Å². The number of aromatic nitrogens is 1. The second kappa shape index (κ2) is 4.55. The van der Waals surface area contributed by atoms with Crippen LogP contribution < -0.4 is 5.73 Å². The summed E-state index contributed by atoms with van der Waals surface area (Å²) in [5.41, 5.74) is 7.82. The fourth-order valence-corrected chi connectivity index (χ4v) is 2.52. The van der Waals surface area contributed by atoms with Gasteiger partial charge in [0, 0.05) is 16.9 Å². The quantitative estimate of drug-likeness (QED) is 0.860. The number of hydrogen-bond acceptors (Lipinski definition) is 3. The molecule has 0 aliphatic carbocycles. The van der Waals surface area contributed by atoms with E-state index in [-0.39, 0.29) is 0 Å². The second-order valence-corrected chi connectivity index (χ2v) is 4.70. The number of benzene rings is 1. The predicted octanol–water partition coefficient (Wildman–Crippen LogP) is 2.62. The third-order valence-corrected chi connectivity index (χ3v) is 3.28. The lowest BCUT2D eigenvalue weighted by molar-refractivity contribution is 0.954. The molecule has 0 radical (unpaired) electrons. The molecular weight excluding hydrogens is 204 g/mol. The van der Waals surface area contributed by atoms with Crippen LogP contribution in [0.5, 0.6) is 0 Å². The average Bonchev–Trinajstić information content (AvgIpc) is 2.61. The molecule has 1 heterocycles. The van der Waals surface area contributed by atoms with Crippen LogP contribution in [0, 0.1) is 6.92 Å². The van der Waals surface area contributed by atoms with E-state index in [2.05, 4.69) is 24.0 Å². The molecule has 0 aliphatic heterocycles. The van der Waals surface area contributed by atoms with Crippen LogP contribution in [0.4, 0.5) is 0 Å². The van der Waals surface area contributed by atoms with Gasteiger partial charge in [0.05, 0.1) is 10.7 Å². The van der Waals surface area contributed by atoms with Gasteiger partial charge in [-0.1, -0.05) is 30.3 Å². The van der Waals surface area contributed by atoms with Gasteiger partial charge < -0.3 is 5.73 Å². The molecule has 0 atom stereocenters. The van der Waals surface area contributed by atoms with Gasteiger partial charge in [0.25, 0.3) is 0 Å². The molecule has 0 aliphatic rings. The third kappa shape index (κ3) is 2.25. The summed E-state index contributed by atoms with van der Waals surface area (Å²) in [6.45, 7) is 2.78. The topological polar surface area (TPSA) is 38.9 Å². The maximum Gasteiger partial charge on any atom is 0.0947 e. The van der Waals surface area contributed by atoms with E-state index < -0.39 is 0 Å². The minimum absolute atomic E-state index is 0.668. The summed E-state index contributed by atoms with van der Waals surface area (Å²) in [6.07, 6.45) is 0.873. The molecular formula is C12H14N2S. The van der Waals surface area contributed by atoms with Gasteiger partial charge in [-0.05, 0) is 13.5 Å². The summed E-state index contributed by atoms with van der Waals surface area (Å²) < 4.78 is 0. The maximum absolute atomic E-state index is 5.53. The van der Waals surface area contributed by atoms with Crippen LogP contribution in [-0.2, 0) is 6.42 Å². The molecule has 3 heteroatoms. The lowest BCUT2D eigenvalue weighted by Crippen LogP contribution is -2.01. The largest absolute Gasteiger partial charge is 0.330 e. The van der Waals surface area contributed by atoms with Crippen LogP contribution in [0.1, 0.15) is 9.88 Å². The van der Waals surface area contributed by atoms with Crippen molar-refractivity contribution in [3.8, 4) is 11.3 Å².